The summed E-state index contributed by atoms with van der Waals surface area (Å²) in [6, 6.07) is -0.188. The van der Waals surface area contributed by atoms with Crippen molar-refractivity contribution in [3.05, 3.63) is 17.7 Å². The lowest BCUT2D eigenvalue weighted by Crippen LogP contribution is -2.32. The number of imide groups is 1. The number of amides is 2. The van der Waals surface area contributed by atoms with Crippen LogP contribution in [-0.2, 0) is 9.59 Å². The number of rotatable bonds is 5. The zero-order valence-electron chi connectivity index (χ0n) is 11.7. The third-order valence-electron chi connectivity index (χ3n) is 3.16. The molecule has 2 rings (SSSR count). The van der Waals surface area contributed by atoms with E-state index in [1.165, 1.54) is 7.05 Å². The summed E-state index contributed by atoms with van der Waals surface area (Å²) in [7, 11) is 1.36. The number of aromatic nitrogens is 1. The number of likely N-dealkylation sites (tertiary alicyclic amines) is 1. The second-order valence-electron chi connectivity index (χ2n) is 4.77. The molecular weight excluding hydrogens is 282 g/mol. The van der Waals surface area contributed by atoms with Gasteiger partial charge < -0.3 is 10.6 Å². The summed E-state index contributed by atoms with van der Waals surface area (Å²) < 4.78 is 27.3. The van der Waals surface area contributed by atoms with Gasteiger partial charge in [-0.15, -0.1) is 0 Å². The molecule has 2 amide bonds. The fraction of sp³-hybridized carbons (Fsp3) is 0.462. The quantitative estimate of drug-likeness (QED) is 0.803. The summed E-state index contributed by atoms with van der Waals surface area (Å²) in [6.07, 6.45) is 0.674. The lowest BCUT2D eigenvalue weighted by molar-refractivity contribution is -0.136. The Morgan fingerprint density at radius 1 is 1.33 bits per heavy atom. The highest BCUT2D eigenvalue weighted by Gasteiger charge is 2.36. The van der Waals surface area contributed by atoms with Gasteiger partial charge in [0.15, 0.2) is 23.3 Å². The van der Waals surface area contributed by atoms with Crippen molar-refractivity contribution in [3.8, 4) is 0 Å². The number of hydrogen-bond donors (Lipinski definition) is 2. The normalized spacial score (nSPS) is 18.3. The molecule has 1 aliphatic heterocycles. The maximum Gasteiger partial charge on any atom is 0.251 e. The van der Waals surface area contributed by atoms with E-state index in [0.29, 0.717) is 12.6 Å². The fourth-order valence-electron chi connectivity index (χ4n) is 1.97. The Morgan fingerprint density at radius 3 is 2.57 bits per heavy atom. The van der Waals surface area contributed by atoms with Crippen molar-refractivity contribution in [1.29, 1.82) is 0 Å². The number of carbonyl (C=O) groups excluding carboxylic acids is 2. The van der Waals surface area contributed by atoms with Crippen LogP contribution in [-0.4, -0.2) is 41.3 Å². The molecular formula is C13H16F2N4O2. The minimum absolute atomic E-state index is 0.0778. The predicted octanol–water partition coefficient (Wildman–Crippen LogP) is 1.35. The Bertz CT molecular complexity index is 580. The average molecular weight is 298 g/mol. The number of pyridine rings is 1. The lowest BCUT2D eigenvalue weighted by atomic mass is 10.2. The minimum Gasteiger partial charge on any atom is -0.368 e. The summed E-state index contributed by atoms with van der Waals surface area (Å²) >= 11 is 0. The second-order valence-corrected chi connectivity index (χ2v) is 4.77. The van der Waals surface area contributed by atoms with Crippen LogP contribution in [0.25, 0.3) is 0 Å². The van der Waals surface area contributed by atoms with Gasteiger partial charge in [-0.1, -0.05) is 6.92 Å². The molecule has 0 bridgehead atoms. The van der Waals surface area contributed by atoms with E-state index in [0.717, 1.165) is 11.3 Å². The summed E-state index contributed by atoms with van der Waals surface area (Å²) in [5, 5.41) is 5.29. The highest BCUT2D eigenvalue weighted by molar-refractivity contribution is 6.06. The van der Waals surface area contributed by atoms with Crippen molar-refractivity contribution < 1.29 is 18.4 Å². The van der Waals surface area contributed by atoms with Crippen molar-refractivity contribution in [2.75, 3.05) is 24.2 Å². The first-order chi connectivity index (χ1) is 9.93. The Morgan fingerprint density at radius 2 is 2.00 bits per heavy atom. The van der Waals surface area contributed by atoms with Crippen LogP contribution in [0.1, 0.15) is 19.8 Å². The van der Waals surface area contributed by atoms with Gasteiger partial charge >= 0.3 is 0 Å². The molecule has 1 aromatic rings. The number of likely N-dealkylation sites (N-methyl/N-ethyl adjacent to an activating group) is 1. The highest BCUT2D eigenvalue weighted by atomic mass is 19.1. The van der Waals surface area contributed by atoms with Gasteiger partial charge in [0.2, 0.25) is 5.91 Å². The standard InChI is InChI=1S/C13H16F2N4O2/c1-3-4-16-11-7(14)5-8(15)12(18-11)17-9-6-10(20)19(2)13(9)21/h5,9H,3-4,6H2,1-2H3,(H2,16,17,18). The summed E-state index contributed by atoms with van der Waals surface area (Å²) in [4.78, 5) is 27.9. The first-order valence-corrected chi connectivity index (χ1v) is 6.61. The van der Waals surface area contributed by atoms with Crippen molar-refractivity contribution in [2.45, 2.75) is 25.8 Å². The van der Waals surface area contributed by atoms with E-state index < -0.39 is 23.6 Å². The molecule has 6 nitrogen and oxygen atoms in total. The van der Waals surface area contributed by atoms with Gasteiger partial charge in [-0.25, -0.2) is 13.8 Å². The number of carbonyl (C=O) groups is 2. The van der Waals surface area contributed by atoms with Gasteiger partial charge in [0.1, 0.15) is 6.04 Å². The number of nitrogens with one attached hydrogen (secondary N) is 2. The van der Waals surface area contributed by atoms with E-state index in [1.807, 2.05) is 6.92 Å². The largest absolute Gasteiger partial charge is 0.368 e. The molecule has 1 aromatic heterocycles. The van der Waals surface area contributed by atoms with Crippen molar-refractivity contribution in [2.24, 2.45) is 0 Å². The zero-order valence-corrected chi connectivity index (χ0v) is 11.7. The number of halogens is 2. The molecule has 114 valence electrons. The number of nitrogens with zero attached hydrogens (tertiary/aromatic N) is 2. The maximum absolute atomic E-state index is 13.7. The van der Waals surface area contributed by atoms with E-state index in [-0.39, 0.29) is 24.0 Å². The molecule has 1 fully saturated rings. The smallest absolute Gasteiger partial charge is 0.251 e. The fourth-order valence-corrected chi connectivity index (χ4v) is 1.97. The van der Waals surface area contributed by atoms with Crippen LogP contribution in [0.5, 0.6) is 0 Å². The van der Waals surface area contributed by atoms with Gasteiger partial charge in [0, 0.05) is 19.7 Å². The molecule has 2 heterocycles. The summed E-state index contributed by atoms with van der Waals surface area (Å²) in [6.45, 7) is 2.38. The lowest BCUT2D eigenvalue weighted by Gasteiger charge is -2.14. The average Bonchev–Trinajstić information content (AvgIpc) is 2.68. The van der Waals surface area contributed by atoms with Gasteiger partial charge in [-0.3, -0.25) is 14.5 Å². The van der Waals surface area contributed by atoms with Crippen LogP contribution >= 0.6 is 0 Å². The van der Waals surface area contributed by atoms with Crippen LogP contribution in [0, 0.1) is 11.6 Å². The first kappa shape index (κ1) is 15.1. The molecule has 0 aliphatic carbocycles. The van der Waals surface area contributed by atoms with Crippen LogP contribution in [0.4, 0.5) is 20.4 Å². The Labute approximate surface area is 120 Å². The Balaban J connectivity index is 2.20. The maximum atomic E-state index is 13.7. The molecule has 21 heavy (non-hydrogen) atoms. The molecule has 0 saturated carbocycles. The van der Waals surface area contributed by atoms with E-state index in [9.17, 15) is 18.4 Å². The molecule has 1 saturated heterocycles. The molecule has 1 unspecified atom stereocenters. The monoisotopic (exact) mass is 298 g/mol. The molecule has 0 radical (unpaired) electrons. The minimum atomic E-state index is -0.913. The van der Waals surface area contributed by atoms with E-state index in [4.69, 9.17) is 0 Å². The molecule has 1 atom stereocenters. The SMILES string of the molecule is CCCNc1nc(NC2CC(=O)N(C)C2=O)c(F)cc1F. The summed E-state index contributed by atoms with van der Waals surface area (Å²) in [5.41, 5.74) is 0. The van der Waals surface area contributed by atoms with E-state index >= 15 is 0 Å². The zero-order chi connectivity index (χ0) is 15.6. The molecule has 8 heteroatoms. The van der Waals surface area contributed by atoms with Crippen molar-refractivity contribution in [1.82, 2.24) is 9.88 Å². The van der Waals surface area contributed by atoms with Gasteiger partial charge in [0.25, 0.3) is 5.91 Å². The van der Waals surface area contributed by atoms with Crippen molar-refractivity contribution >= 4 is 23.5 Å². The van der Waals surface area contributed by atoms with Gasteiger partial charge in [-0.2, -0.15) is 0 Å². The molecule has 0 aromatic carbocycles. The van der Waals surface area contributed by atoms with Gasteiger partial charge in [-0.05, 0) is 6.42 Å². The molecule has 2 N–H and O–H groups in total. The third kappa shape index (κ3) is 3.09. The van der Waals surface area contributed by atoms with Gasteiger partial charge in [0.05, 0.1) is 6.42 Å². The van der Waals surface area contributed by atoms with E-state index in [1.54, 1.807) is 0 Å². The Hall–Kier alpha value is -2.25. The second kappa shape index (κ2) is 6.02. The first-order valence-electron chi connectivity index (χ1n) is 6.61. The topological polar surface area (TPSA) is 74.3 Å². The van der Waals surface area contributed by atoms with Crippen LogP contribution in [0.15, 0.2) is 6.07 Å². The van der Waals surface area contributed by atoms with E-state index in [2.05, 4.69) is 15.6 Å². The van der Waals surface area contributed by atoms with Crippen LogP contribution < -0.4 is 10.6 Å². The van der Waals surface area contributed by atoms with Crippen molar-refractivity contribution in [3.63, 3.8) is 0 Å². The summed E-state index contributed by atoms with van der Waals surface area (Å²) in [5.74, 6) is -2.89. The number of anilines is 2. The highest BCUT2D eigenvalue weighted by Crippen LogP contribution is 2.22. The number of hydrogen-bond acceptors (Lipinski definition) is 5. The van der Waals surface area contributed by atoms with Crippen LogP contribution in [0.3, 0.4) is 0 Å². The Kier molecular flexibility index (Phi) is 4.35. The molecule has 1 aliphatic rings. The van der Waals surface area contributed by atoms with Crippen LogP contribution in [0.2, 0.25) is 0 Å². The molecule has 0 spiro atoms. The predicted molar refractivity (Wildman–Crippen MR) is 72.7 cm³/mol. The third-order valence-corrected chi connectivity index (χ3v) is 3.16.